The third kappa shape index (κ3) is 4.19. The van der Waals surface area contributed by atoms with Crippen molar-refractivity contribution in [3.8, 4) is 11.5 Å². The molecule has 0 amide bonds. The number of benzene rings is 1. The average Bonchev–Trinajstić information content (AvgIpc) is 2.47. The smallest absolute Gasteiger partial charge is 0.225 e. The summed E-state index contributed by atoms with van der Waals surface area (Å²) in [7, 11) is 5.31. The van der Waals surface area contributed by atoms with Crippen LogP contribution >= 0.6 is 0 Å². The van der Waals surface area contributed by atoms with Crippen LogP contribution in [0.15, 0.2) is 12.1 Å². The van der Waals surface area contributed by atoms with Crippen LogP contribution < -0.4 is 25.8 Å². The van der Waals surface area contributed by atoms with E-state index >= 15 is 0 Å². The van der Waals surface area contributed by atoms with E-state index in [-0.39, 0.29) is 11.9 Å². The van der Waals surface area contributed by atoms with Crippen LogP contribution in [0.1, 0.15) is 17.0 Å². The van der Waals surface area contributed by atoms with Gasteiger partial charge in [0.15, 0.2) is 17.3 Å². The van der Waals surface area contributed by atoms with Crippen LogP contribution in [0.2, 0.25) is 0 Å². The number of hydrogen-bond acceptors (Lipinski definition) is 7. The van der Waals surface area contributed by atoms with Gasteiger partial charge in [-0.3, -0.25) is 0 Å². The third-order valence-corrected chi connectivity index (χ3v) is 3.51. The van der Waals surface area contributed by atoms with Gasteiger partial charge >= 0.3 is 0 Å². The topological polar surface area (TPSA) is 114 Å². The Morgan fingerprint density at radius 2 is 1.52 bits per heavy atom. The summed E-state index contributed by atoms with van der Waals surface area (Å²) in [5.74, 6) is 2.30. The molecule has 1 heterocycles. The van der Waals surface area contributed by atoms with Gasteiger partial charge in [0.05, 0.1) is 21.3 Å². The second-order valence-electron chi connectivity index (χ2n) is 5.41. The summed E-state index contributed by atoms with van der Waals surface area (Å²) in [4.78, 5) is 13.2. The monoisotopic (exact) mass is 319 g/mol. The minimum Gasteiger partial charge on any atom is -0.493 e. The van der Waals surface area contributed by atoms with Crippen molar-refractivity contribution in [1.29, 1.82) is 0 Å². The molecule has 0 bridgehead atoms. The zero-order valence-corrected chi connectivity index (χ0v) is 13.9. The number of nitrogens with zero attached hydrogens (tertiary/aromatic N) is 3. The molecule has 0 fully saturated rings. The maximum absolute atomic E-state index is 5.60. The van der Waals surface area contributed by atoms with E-state index < -0.39 is 0 Å². The number of aromatic nitrogens is 3. The summed E-state index contributed by atoms with van der Waals surface area (Å²) in [6.45, 7) is 3.41. The Kier molecular flexibility index (Phi) is 5.17. The first kappa shape index (κ1) is 16.8. The SMILES string of the molecule is COc1cc(C)c(C[NH+](C)Cc2nc(N)nc(N)n2)cc1OC. The van der Waals surface area contributed by atoms with E-state index in [4.69, 9.17) is 20.9 Å². The number of ether oxygens (including phenoxy) is 2. The van der Waals surface area contributed by atoms with Crippen molar-refractivity contribution in [2.75, 3.05) is 32.7 Å². The summed E-state index contributed by atoms with van der Waals surface area (Å²) in [6, 6.07) is 3.97. The van der Waals surface area contributed by atoms with Crippen molar-refractivity contribution in [3.63, 3.8) is 0 Å². The molecule has 1 atom stereocenters. The van der Waals surface area contributed by atoms with Gasteiger partial charge in [-0.15, -0.1) is 0 Å². The van der Waals surface area contributed by atoms with Crippen LogP contribution in [0.5, 0.6) is 11.5 Å². The quantitative estimate of drug-likeness (QED) is 0.662. The molecule has 0 aliphatic heterocycles. The Balaban J connectivity index is 2.15. The third-order valence-electron chi connectivity index (χ3n) is 3.51. The van der Waals surface area contributed by atoms with Crippen LogP contribution in [0.4, 0.5) is 11.9 Å². The van der Waals surface area contributed by atoms with Crippen LogP contribution in [0, 0.1) is 6.92 Å². The van der Waals surface area contributed by atoms with Crippen molar-refractivity contribution in [2.45, 2.75) is 20.0 Å². The van der Waals surface area contributed by atoms with Gasteiger partial charge in [0.25, 0.3) is 0 Å². The van der Waals surface area contributed by atoms with E-state index in [2.05, 4.69) is 15.0 Å². The highest BCUT2D eigenvalue weighted by Crippen LogP contribution is 2.29. The molecule has 0 aliphatic rings. The Labute approximate surface area is 135 Å². The van der Waals surface area contributed by atoms with E-state index in [9.17, 15) is 0 Å². The summed E-state index contributed by atoms with van der Waals surface area (Å²) in [5.41, 5.74) is 13.5. The maximum Gasteiger partial charge on any atom is 0.225 e. The Morgan fingerprint density at radius 1 is 0.957 bits per heavy atom. The molecule has 2 rings (SSSR count). The van der Waals surface area contributed by atoms with Crippen LogP contribution in [-0.4, -0.2) is 36.2 Å². The predicted octanol–water partition coefficient (Wildman–Crippen LogP) is -0.423. The lowest BCUT2D eigenvalue weighted by atomic mass is 10.1. The number of anilines is 2. The lowest BCUT2D eigenvalue weighted by Crippen LogP contribution is -3.06. The molecule has 0 radical (unpaired) electrons. The molecule has 1 unspecified atom stereocenters. The van der Waals surface area contributed by atoms with Gasteiger partial charge < -0.3 is 25.8 Å². The lowest BCUT2D eigenvalue weighted by Gasteiger charge is -2.17. The molecule has 2 aromatic rings. The lowest BCUT2D eigenvalue weighted by molar-refractivity contribution is -0.908. The number of methoxy groups -OCH3 is 2. The number of nitrogen functional groups attached to an aromatic ring is 2. The van der Waals surface area contributed by atoms with Crippen molar-refractivity contribution in [1.82, 2.24) is 15.0 Å². The molecule has 1 aromatic heterocycles. The number of nitrogens with two attached hydrogens (primary N) is 2. The maximum atomic E-state index is 5.60. The zero-order chi connectivity index (χ0) is 17.0. The molecule has 8 heteroatoms. The fourth-order valence-electron chi connectivity index (χ4n) is 2.41. The number of nitrogens with one attached hydrogen (secondary N) is 1. The Bertz CT molecular complexity index is 672. The molecule has 0 saturated heterocycles. The molecular weight excluding hydrogens is 296 g/mol. The highest BCUT2D eigenvalue weighted by molar-refractivity contribution is 5.46. The molecule has 0 aliphatic carbocycles. The average molecular weight is 319 g/mol. The van der Waals surface area contributed by atoms with Crippen LogP contribution in [0.3, 0.4) is 0 Å². The molecule has 0 saturated carbocycles. The summed E-state index contributed by atoms with van der Waals surface area (Å²) >= 11 is 0. The summed E-state index contributed by atoms with van der Waals surface area (Å²) in [5, 5.41) is 0. The van der Waals surface area contributed by atoms with E-state index in [0.29, 0.717) is 12.4 Å². The van der Waals surface area contributed by atoms with Gasteiger partial charge in [-0.1, -0.05) is 0 Å². The highest BCUT2D eigenvalue weighted by atomic mass is 16.5. The largest absolute Gasteiger partial charge is 0.493 e. The number of rotatable bonds is 6. The Hall–Kier alpha value is -2.61. The van der Waals surface area contributed by atoms with Gasteiger partial charge in [-0.2, -0.15) is 15.0 Å². The molecule has 8 nitrogen and oxygen atoms in total. The highest BCUT2D eigenvalue weighted by Gasteiger charge is 2.14. The standard InChI is InChI=1S/C15H22N6O2/c1-9-5-11(22-3)12(23-4)6-10(9)7-21(2)8-13-18-14(16)20-15(17)19-13/h5-6H,7-8H2,1-4H3,(H4,16,17,18,19,20)/p+1. The van der Waals surface area contributed by atoms with Crippen LogP contribution in [0.25, 0.3) is 0 Å². The first-order valence-corrected chi connectivity index (χ1v) is 7.21. The van der Waals surface area contributed by atoms with Crippen molar-refractivity contribution in [3.05, 3.63) is 29.1 Å². The van der Waals surface area contributed by atoms with Gasteiger partial charge in [0, 0.05) is 5.56 Å². The molecule has 23 heavy (non-hydrogen) atoms. The second kappa shape index (κ2) is 7.10. The van der Waals surface area contributed by atoms with E-state index in [1.807, 2.05) is 26.1 Å². The first-order chi connectivity index (χ1) is 10.9. The van der Waals surface area contributed by atoms with E-state index in [0.717, 1.165) is 29.2 Å². The van der Waals surface area contributed by atoms with Gasteiger partial charge in [-0.05, 0) is 24.6 Å². The number of hydrogen-bond donors (Lipinski definition) is 3. The van der Waals surface area contributed by atoms with Gasteiger partial charge in [0.1, 0.15) is 13.1 Å². The zero-order valence-electron chi connectivity index (χ0n) is 13.9. The fourth-order valence-corrected chi connectivity index (χ4v) is 2.41. The molecule has 124 valence electrons. The normalized spacial score (nSPS) is 12.0. The molecule has 5 N–H and O–H groups in total. The molecule has 1 aromatic carbocycles. The van der Waals surface area contributed by atoms with Crippen molar-refractivity contribution < 1.29 is 14.4 Å². The van der Waals surface area contributed by atoms with Crippen molar-refractivity contribution in [2.24, 2.45) is 0 Å². The van der Waals surface area contributed by atoms with Gasteiger partial charge in [0.2, 0.25) is 11.9 Å². The fraction of sp³-hybridized carbons (Fsp3) is 0.400. The first-order valence-electron chi connectivity index (χ1n) is 7.21. The second-order valence-corrected chi connectivity index (χ2v) is 5.41. The van der Waals surface area contributed by atoms with E-state index in [1.54, 1.807) is 14.2 Å². The minimum atomic E-state index is 0.141. The van der Waals surface area contributed by atoms with Crippen molar-refractivity contribution >= 4 is 11.9 Å². The predicted molar refractivity (Wildman–Crippen MR) is 87.2 cm³/mol. The molecule has 0 spiro atoms. The summed E-state index contributed by atoms with van der Waals surface area (Å²) in [6.07, 6.45) is 0. The molecular formula is C15H23N6O2+. The van der Waals surface area contributed by atoms with Crippen LogP contribution in [-0.2, 0) is 13.1 Å². The van der Waals surface area contributed by atoms with E-state index in [1.165, 1.54) is 4.90 Å². The summed E-state index contributed by atoms with van der Waals surface area (Å²) < 4.78 is 10.7. The van der Waals surface area contributed by atoms with Gasteiger partial charge in [-0.25, -0.2) is 0 Å². The number of quaternary nitrogens is 1. The minimum absolute atomic E-state index is 0.141. The Morgan fingerprint density at radius 3 is 2.09 bits per heavy atom. The number of aryl methyl sites for hydroxylation is 1.